The largest absolute Gasteiger partial charge is 0.508 e. The summed E-state index contributed by atoms with van der Waals surface area (Å²) in [5.74, 6) is -0.134. The molecule has 1 saturated carbocycles. The van der Waals surface area contributed by atoms with Crippen molar-refractivity contribution in [1.29, 1.82) is 0 Å². The van der Waals surface area contributed by atoms with E-state index in [1.165, 1.54) is 12.1 Å². The van der Waals surface area contributed by atoms with Gasteiger partial charge in [-0.25, -0.2) is 4.39 Å². The molecule has 1 fully saturated rings. The van der Waals surface area contributed by atoms with E-state index in [1.54, 1.807) is 18.2 Å². The van der Waals surface area contributed by atoms with Crippen LogP contribution in [0.25, 0.3) is 0 Å². The molecule has 120 valence electrons. The Balaban J connectivity index is 1.67. The Kier molecular flexibility index (Phi) is 4.33. The van der Waals surface area contributed by atoms with Crippen LogP contribution in [0.5, 0.6) is 5.75 Å². The molecule has 3 nitrogen and oxygen atoms in total. The number of carbonyl (C=O) groups is 1. The van der Waals surface area contributed by atoms with Crippen molar-refractivity contribution >= 4 is 5.91 Å². The van der Waals surface area contributed by atoms with Crippen LogP contribution in [0, 0.1) is 11.7 Å². The Hall–Kier alpha value is -2.36. The van der Waals surface area contributed by atoms with Crippen molar-refractivity contribution in [3.8, 4) is 5.75 Å². The number of amides is 1. The van der Waals surface area contributed by atoms with Crippen LogP contribution >= 0.6 is 0 Å². The van der Waals surface area contributed by atoms with Gasteiger partial charge in [0.15, 0.2) is 0 Å². The minimum absolute atomic E-state index is 0.0330. The highest BCUT2D eigenvalue weighted by Crippen LogP contribution is 2.48. The number of phenols is 1. The average Bonchev–Trinajstić information content (AvgIpc) is 3.34. The highest BCUT2D eigenvalue weighted by Gasteiger charge is 2.44. The first-order valence-electron chi connectivity index (χ1n) is 7.94. The molecule has 1 aliphatic rings. The molecular formula is C19H20FNO2. The predicted molar refractivity (Wildman–Crippen MR) is 86.5 cm³/mol. The number of hydrogen-bond donors (Lipinski definition) is 2. The number of phenolic OH excluding ortho intramolecular Hbond substituents is 1. The molecule has 23 heavy (non-hydrogen) atoms. The summed E-state index contributed by atoms with van der Waals surface area (Å²) in [6.45, 7) is 1.97. The van der Waals surface area contributed by atoms with Gasteiger partial charge >= 0.3 is 0 Å². The molecule has 1 aliphatic carbocycles. The molecule has 0 radical (unpaired) electrons. The maximum Gasteiger partial charge on any atom is 0.224 e. The van der Waals surface area contributed by atoms with E-state index in [-0.39, 0.29) is 35.4 Å². The van der Waals surface area contributed by atoms with Crippen LogP contribution in [0.1, 0.15) is 42.9 Å². The molecule has 0 heterocycles. The minimum Gasteiger partial charge on any atom is -0.508 e. The highest BCUT2D eigenvalue weighted by atomic mass is 19.1. The van der Waals surface area contributed by atoms with Crippen LogP contribution in [0.3, 0.4) is 0 Å². The monoisotopic (exact) mass is 313 g/mol. The molecule has 2 aromatic carbocycles. The molecule has 0 aliphatic heterocycles. The van der Waals surface area contributed by atoms with Crippen molar-refractivity contribution in [3.05, 3.63) is 65.5 Å². The molecule has 3 atom stereocenters. The molecular weight excluding hydrogens is 293 g/mol. The van der Waals surface area contributed by atoms with E-state index in [4.69, 9.17) is 0 Å². The third-order valence-corrected chi connectivity index (χ3v) is 4.44. The van der Waals surface area contributed by atoms with Crippen molar-refractivity contribution in [3.63, 3.8) is 0 Å². The zero-order valence-corrected chi connectivity index (χ0v) is 13.0. The third-order valence-electron chi connectivity index (χ3n) is 4.44. The summed E-state index contributed by atoms with van der Waals surface area (Å²) in [7, 11) is 0. The van der Waals surface area contributed by atoms with Crippen molar-refractivity contribution in [1.82, 2.24) is 5.32 Å². The summed E-state index contributed by atoms with van der Waals surface area (Å²) >= 11 is 0. The molecule has 2 aromatic rings. The van der Waals surface area contributed by atoms with Crippen molar-refractivity contribution in [2.45, 2.75) is 31.7 Å². The second-order valence-corrected chi connectivity index (χ2v) is 6.03. The molecule has 0 aromatic heterocycles. The van der Waals surface area contributed by atoms with Gasteiger partial charge in [-0.1, -0.05) is 37.3 Å². The molecule has 0 saturated heterocycles. The van der Waals surface area contributed by atoms with Gasteiger partial charge in [0.25, 0.3) is 0 Å². The van der Waals surface area contributed by atoms with E-state index in [0.717, 1.165) is 17.5 Å². The lowest BCUT2D eigenvalue weighted by atomic mass is 10.0. The summed E-state index contributed by atoms with van der Waals surface area (Å²) < 4.78 is 13.3. The van der Waals surface area contributed by atoms with Gasteiger partial charge in [-0.3, -0.25) is 4.79 Å². The number of halogens is 1. The fraction of sp³-hybridized carbons (Fsp3) is 0.316. The molecule has 2 N–H and O–H groups in total. The van der Waals surface area contributed by atoms with E-state index in [1.807, 2.05) is 25.1 Å². The molecule has 0 unspecified atom stereocenters. The first kappa shape index (κ1) is 15.5. The van der Waals surface area contributed by atoms with E-state index < -0.39 is 0 Å². The van der Waals surface area contributed by atoms with Gasteiger partial charge in [-0.15, -0.1) is 0 Å². The van der Waals surface area contributed by atoms with Crippen LogP contribution in [0.15, 0.2) is 48.5 Å². The fourth-order valence-electron chi connectivity index (χ4n) is 3.05. The minimum atomic E-state index is -0.269. The Morgan fingerprint density at radius 3 is 2.78 bits per heavy atom. The molecule has 4 heteroatoms. The lowest BCUT2D eigenvalue weighted by Gasteiger charge is -2.18. The van der Waals surface area contributed by atoms with Gasteiger partial charge in [0, 0.05) is 11.5 Å². The number of para-hydroxylation sites is 1. The lowest BCUT2D eigenvalue weighted by molar-refractivity contribution is -0.123. The summed E-state index contributed by atoms with van der Waals surface area (Å²) in [6.07, 6.45) is 1.44. The van der Waals surface area contributed by atoms with Crippen molar-refractivity contribution < 1.29 is 14.3 Å². The molecule has 0 bridgehead atoms. The van der Waals surface area contributed by atoms with Gasteiger partial charge in [-0.05, 0) is 42.5 Å². The smallest absolute Gasteiger partial charge is 0.224 e. The SMILES string of the molecule is CC[C@H](NC(=O)[C@@H]1C[C@@H]1c1cccc(F)c1)c1ccccc1O. The Morgan fingerprint density at radius 2 is 2.09 bits per heavy atom. The van der Waals surface area contributed by atoms with Crippen molar-refractivity contribution in [2.24, 2.45) is 5.92 Å². The van der Waals surface area contributed by atoms with Gasteiger partial charge in [0.2, 0.25) is 5.91 Å². The number of benzene rings is 2. The second kappa shape index (κ2) is 6.41. The number of carbonyl (C=O) groups excluding carboxylic acids is 1. The van der Waals surface area contributed by atoms with Gasteiger partial charge < -0.3 is 10.4 Å². The highest BCUT2D eigenvalue weighted by molar-refractivity contribution is 5.83. The average molecular weight is 313 g/mol. The summed E-state index contributed by atoms with van der Waals surface area (Å²) in [5, 5.41) is 13.0. The third kappa shape index (κ3) is 3.36. The zero-order chi connectivity index (χ0) is 16.4. The molecule has 1 amide bonds. The Morgan fingerprint density at radius 1 is 1.30 bits per heavy atom. The van der Waals surface area contributed by atoms with Crippen LogP contribution in [0.2, 0.25) is 0 Å². The molecule has 0 spiro atoms. The first-order chi connectivity index (χ1) is 11.1. The van der Waals surface area contributed by atoms with Gasteiger partial charge in [0.05, 0.1) is 6.04 Å². The van der Waals surface area contributed by atoms with Gasteiger partial charge in [0.1, 0.15) is 11.6 Å². The van der Waals surface area contributed by atoms with Crippen LogP contribution in [-0.2, 0) is 4.79 Å². The normalized spacial score (nSPS) is 20.8. The summed E-state index contributed by atoms with van der Waals surface area (Å²) in [5.41, 5.74) is 1.60. The van der Waals surface area contributed by atoms with Crippen molar-refractivity contribution in [2.75, 3.05) is 0 Å². The standard InChI is InChI=1S/C19H20FNO2/c1-2-17(14-8-3-4-9-18(14)22)21-19(23)16-11-15(16)12-6-5-7-13(20)10-12/h3-10,15-17,22H,2,11H2,1H3,(H,21,23)/t15-,16-,17+/m1/s1. The predicted octanol–water partition coefficient (Wildman–Crippen LogP) is 3.90. The lowest BCUT2D eigenvalue weighted by Crippen LogP contribution is -2.29. The fourth-order valence-corrected chi connectivity index (χ4v) is 3.05. The van der Waals surface area contributed by atoms with Crippen LogP contribution < -0.4 is 5.32 Å². The summed E-state index contributed by atoms with van der Waals surface area (Å²) in [6, 6.07) is 13.3. The van der Waals surface area contributed by atoms with E-state index in [2.05, 4.69) is 5.32 Å². The zero-order valence-electron chi connectivity index (χ0n) is 13.0. The maximum absolute atomic E-state index is 13.3. The number of hydrogen-bond acceptors (Lipinski definition) is 2. The second-order valence-electron chi connectivity index (χ2n) is 6.03. The Bertz CT molecular complexity index is 716. The summed E-state index contributed by atoms with van der Waals surface area (Å²) in [4.78, 5) is 12.4. The van der Waals surface area contributed by atoms with Crippen LogP contribution in [-0.4, -0.2) is 11.0 Å². The molecule has 3 rings (SSSR count). The Labute approximate surface area is 135 Å². The maximum atomic E-state index is 13.3. The van der Waals surface area contributed by atoms with E-state index in [9.17, 15) is 14.3 Å². The van der Waals surface area contributed by atoms with E-state index in [0.29, 0.717) is 6.42 Å². The topological polar surface area (TPSA) is 49.3 Å². The van der Waals surface area contributed by atoms with Gasteiger partial charge in [-0.2, -0.15) is 0 Å². The quantitative estimate of drug-likeness (QED) is 0.879. The van der Waals surface area contributed by atoms with Crippen LogP contribution in [0.4, 0.5) is 4.39 Å². The number of nitrogens with one attached hydrogen (secondary N) is 1. The number of rotatable bonds is 5. The van der Waals surface area contributed by atoms with E-state index >= 15 is 0 Å². The number of aromatic hydroxyl groups is 1. The first-order valence-corrected chi connectivity index (χ1v) is 7.94.